The highest BCUT2D eigenvalue weighted by Crippen LogP contribution is 2.44. The molecule has 0 aromatic heterocycles. The lowest BCUT2D eigenvalue weighted by Crippen LogP contribution is -2.20. The van der Waals surface area contributed by atoms with Crippen LogP contribution in [0, 0.1) is 0 Å². The zero-order valence-corrected chi connectivity index (χ0v) is 14.8. The van der Waals surface area contributed by atoms with E-state index in [9.17, 15) is 4.79 Å². The van der Waals surface area contributed by atoms with E-state index in [0.717, 1.165) is 27.9 Å². The molecule has 3 aromatic carbocycles. The first-order valence-corrected chi connectivity index (χ1v) is 8.55. The molecule has 2 heteroatoms. The van der Waals surface area contributed by atoms with Crippen molar-refractivity contribution >= 4 is 34.1 Å². The number of nitrogens with zero attached hydrogens (tertiary/aromatic N) is 1. The molecule has 4 rings (SSSR count). The predicted octanol–water partition coefficient (Wildman–Crippen LogP) is 6.07. The van der Waals surface area contributed by atoms with Crippen LogP contribution in [0.3, 0.4) is 0 Å². The van der Waals surface area contributed by atoms with E-state index in [0.29, 0.717) is 0 Å². The van der Waals surface area contributed by atoms with Crippen molar-refractivity contribution in [3.8, 4) is 0 Å². The minimum Gasteiger partial charge on any atom is -0.276 e. The maximum absolute atomic E-state index is 13.1. The molecule has 0 atom stereocenters. The largest absolute Gasteiger partial charge is 0.276 e. The van der Waals surface area contributed by atoms with Gasteiger partial charge in [0, 0.05) is 11.1 Å². The van der Waals surface area contributed by atoms with Crippen LogP contribution >= 0.6 is 0 Å². The number of hydrogen-bond acceptors (Lipinski definition) is 1. The van der Waals surface area contributed by atoms with Crippen molar-refractivity contribution in [2.24, 2.45) is 0 Å². The third-order valence-corrected chi connectivity index (χ3v) is 4.87. The van der Waals surface area contributed by atoms with Crippen LogP contribution in [0.25, 0.3) is 16.8 Å². The number of rotatable bonds is 2. The van der Waals surface area contributed by atoms with Gasteiger partial charge < -0.3 is 0 Å². The molecule has 0 radical (unpaired) electrons. The zero-order chi connectivity index (χ0) is 17.8. The molecule has 1 aliphatic rings. The summed E-state index contributed by atoms with van der Waals surface area (Å²) >= 11 is 0. The minimum atomic E-state index is 0.0242. The van der Waals surface area contributed by atoms with E-state index in [2.05, 4.69) is 45.5 Å². The van der Waals surface area contributed by atoms with Gasteiger partial charge in [0.05, 0.1) is 11.3 Å². The van der Waals surface area contributed by atoms with Gasteiger partial charge in [-0.15, -0.1) is 0 Å². The van der Waals surface area contributed by atoms with Gasteiger partial charge in [-0.2, -0.15) is 0 Å². The van der Waals surface area contributed by atoms with Crippen molar-refractivity contribution in [1.82, 2.24) is 0 Å². The fourth-order valence-corrected chi connectivity index (χ4v) is 3.68. The Kier molecular flexibility index (Phi) is 3.33. The summed E-state index contributed by atoms with van der Waals surface area (Å²) in [5.74, 6) is 0.0351. The third-order valence-electron chi connectivity index (χ3n) is 4.87. The molecule has 0 unspecified atom stereocenters. The Balaban J connectivity index is 2.00. The van der Waals surface area contributed by atoms with Crippen molar-refractivity contribution in [2.45, 2.75) is 26.2 Å². The number of benzene rings is 3. The van der Waals surface area contributed by atoms with Gasteiger partial charge >= 0.3 is 0 Å². The van der Waals surface area contributed by atoms with Crippen LogP contribution in [0.1, 0.15) is 42.3 Å². The van der Waals surface area contributed by atoms with Crippen LogP contribution < -0.4 is 4.90 Å². The van der Waals surface area contributed by atoms with E-state index >= 15 is 0 Å². The molecule has 1 aliphatic heterocycles. The number of carbonyl (C=O) groups is 1. The summed E-state index contributed by atoms with van der Waals surface area (Å²) in [6.07, 6.45) is 1.80. The highest BCUT2D eigenvalue weighted by molar-refractivity contribution is 6.28. The van der Waals surface area contributed by atoms with Gasteiger partial charge in [0.1, 0.15) is 0 Å². The van der Waals surface area contributed by atoms with Gasteiger partial charge in [-0.3, -0.25) is 9.69 Å². The summed E-state index contributed by atoms with van der Waals surface area (Å²) in [5, 5.41) is 2.22. The molecule has 0 saturated heterocycles. The molecule has 0 saturated carbocycles. The zero-order valence-electron chi connectivity index (χ0n) is 14.8. The second kappa shape index (κ2) is 5.32. The lowest BCUT2D eigenvalue weighted by atomic mass is 9.83. The summed E-state index contributed by atoms with van der Waals surface area (Å²) in [7, 11) is 0. The Morgan fingerprint density at radius 3 is 2.48 bits per heavy atom. The third kappa shape index (κ3) is 2.29. The Bertz CT molecular complexity index is 1020. The summed E-state index contributed by atoms with van der Waals surface area (Å²) in [6.45, 7) is 10.5. The Morgan fingerprint density at radius 2 is 1.76 bits per heavy atom. The van der Waals surface area contributed by atoms with E-state index < -0.39 is 0 Å². The summed E-state index contributed by atoms with van der Waals surface area (Å²) in [6, 6.07) is 18.2. The average molecular weight is 327 g/mol. The van der Waals surface area contributed by atoms with Crippen molar-refractivity contribution in [3.63, 3.8) is 0 Å². The molecule has 0 spiro atoms. The predicted molar refractivity (Wildman–Crippen MR) is 106 cm³/mol. The number of hydrogen-bond donors (Lipinski definition) is 0. The quantitative estimate of drug-likeness (QED) is 0.559. The first-order chi connectivity index (χ1) is 11.9. The van der Waals surface area contributed by atoms with Crippen LogP contribution in [-0.4, -0.2) is 5.91 Å². The molecule has 0 fully saturated rings. The molecule has 1 heterocycles. The molecular formula is C23H21NO. The van der Waals surface area contributed by atoms with Crippen molar-refractivity contribution in [3.05, 3.63) is 77.9 Å². The minimum absolute atomic E-state index is 0.0242. The molecule has 3 aromatic rings. The normalized spacial score (nSPS) is 13.6. The van der Waals surface area contributed by atoms with Crippen LogP contribution in [0.4, 0.5) is 11.4 Å². The van der Waals surface area contributed by atoms with E-state index in [1.807, 2.05) is 41.3 Å². The summed E-state index contributed by atoms with van der Waals surface area (Å²) in [5.41, 5.74) is 4.92. The van der Waals surface area contributed by atoms with E-state index in [-0.39, 0.29) is 11.3 Å². The molecule has 0 aliphatic carbocycles. The lowest BCUT2D eigenvalue weighted by molar-refractivity contribution is 0.100. The fraction of sp³-hybridized carbons (Fsp3) is 0.174. The molecule has 0 bridgehead atoms. The first kappa shape index (κ1) is 15.6. The van der Waals surface area contributed by atoms with Crippen LogP contribution in [0.15, 0.2) is 61.2 Å². The smallest absolute Gasteiger partial charge is 0.263 e. The standard InChI is InChI=1S/C23H21NO/c1-5-15-8-6-9-16(14-15)24-20-13-12-19(23(2,3)4)17-10-7-11-18(21(17)20)22(24)25/h5-14H,1H2,2-4H3. The number of anilines is 2. The van der Waals surface area contributed by atoms with Gasteiger partial charge in [0.15, 0.2) is 0 Å². The monoisotopic (exact) mass is 327 g/mol. The maximum atomic E-state index is 13.1. The Hall–Kier alpha value is -2.87. The highest BCUT2D eigenvalue weighted by Gasteiger charge is 2.32. The number of amides is 1. The fourth-order valence-electron chi connectivity index (χ4n) is 3.68. The molecule has 1 amide bonds. The molecule has 25 heavy (non-hydrogen) atoms. The van der Waals surface area contributed by atoms with E-state index in [1.165, 1.54) is 10.9 Å². The lowest BCUT2D eigenvalue weighted by Gasteiger charge is -2.23. The average Bonchev–Trinajstić information content (AvgIpc) is 2.88. The van der Waals surface area contributed by atoms with E-state index in [4.69, 9.17) is 0 Å². The van der Waals surface area contributed by atoms with Crippen LogP contribution in [0.5, 0.6) is 0 Å². The second-order valence-electron chi connectivity index (χ2n) is 7.55. The maximum Gasteiger partial charge on any atom is 0.263 e. The van der Waals surface area contributed by atoms with Crippen molar-refractivity contribution in [2.75, 3.05) is 4.90 Å². The van der Waals surface area contributed by atoms with Gasteiger partial charge in [0.25, 0.3) is 5.91 Å². The van der Waals surface area contributed by atoms with Gasteiger partial charge in [0.2, 0.25) is 0 Å². The van der Waals surface area contributed by atoms with Crippen LogP contribution in [0.2, 0.25) is 0 Å². The van der Waals surface area contributed by atoms with Gasteiger partial charge in [-0.05, 0) is 46.2 Å². The summed E-state index contributed by atoms with van der Waals surface area (Å²) in [4.78, 5) is 15.0. The molecule has 2 nitrogen and oxygen atoms in total. The Morgan fingerprint density at radius 1 is 1.00 bits per heavy atom. The molecule has 124 valence electrons. The van der Waals surface area contributed by atoms with Crippen molar-refractivity contribution < 1.29 is 4.79 Å². The first-order valence-electron chi connectivity index (χ1n) is 8.55. The second-order valence-corrected chi connectivity index (χ2v) is 7.55. The van der Waals surface area contributed by atoms with Crippen molar-refractivity contribution in [1.29, 1.82) is 0 Å². The molecular weight excluding hydrogens is 306 g/mol. The molecule has 0 N–H and O–H groups in total. The topological polar surface area (TPSA) is 20.3 Å². The highest BCUT2D eigenvalue weighted by atomic mass is 16.2. The van der Waals surface area contributed by atoms with Gasteiger partial charge in [-0.25, -0.2) is 0 Å². The van der Waals surface area contributed by atoms with Crippen LogP contribution in [-0.2, 0) is 5.41 Å². The Labute approximate surface area is 148 Å². The number of carbonyl (C=O) groups excluding carboxylic acids is 1. The summed E-state index contributed by atoms with van der Waals surface area (Å²) < 4.78 is 0. The van der Waals surface area contributed by atoms with E-state index in [1.54, 1.807) is 6.08 Å². The van der Waals surface area contributed by atoms with Gasteiger partial charge in [-0.1, -0.05) is 63.8 Å². The SMILES string of the molecule is C=Cc1cccc(N2C(=O)c3cccc4c(C(C)(C)C)ccc2c34)c1.